The Kier molecular flexibility index (Phi) is 2.72. The minimum absolute atomic E-state index is 0.0492. The molecular weight excluding hydrogens is 216 g/mol. The van der Waals surface area contributed by atoms with Crippen LogP contribution in [0.5, 0.6) is 0 Å². The van der Waals surface area contributed by atoms with E-state index in [4.69, 9.17) is 0 Å². The van der Waals surface area contributed by atoms with Gasteiger partial charge in [0.15, 0.2) is 17.5 Å². The van der Waals surface area contributed by atoms with E-state index in [2.05, 4.69) is 15.2 Å². The summed E-state index contributed by atoms with van der Waals surface area (Å²) < 4.78 is 25.5. The number of halogens is 2. The van der Waals surface area contributed by atoms with Gasteiger partial charge < -0.3 is 0 Å². The second-order valence-electron chi connectivity index (χ2n) is 3.18. The molecule has 0 saturated carbocycles. The molecule has 0 unspecified atom stereocenters. The smallest absolute Gasteiger partial charge is 0.203 e. The van der Waals surface area contributed by atoms with Gasteiger partial charge in [0.05, 0.1) is 0 Å². The summed E-state index contributed by atoms with van der Waals surface area (Å²) in [7, 11) is 0. The van der Waals surface area contributed by atoms with Gasteiger partial charge in [-0.05, 0) is 17.7 Å². The number of aromatic nitrogens is 3. The number of carbonyl (C=O) groups is 1. The summed E-state index contributed by atoms with van der Waals surface area (Å²) in [5.41, 5.74) is 0.389. The van der Waals surface area contributed by atoms with Crippen molar-refractivity contribution in [2.75, 3.05) is 0 Å². The predicted molar refractivity (Wildman–Crippen MR) is 50.8 cm³/mol. The molecule has 1 aromatic heterocycles. The molecule has 1 N–H and O–H groups in total. The lowest BCUT2D eigenvalue weighted by Gasteiger charge is -1.99. The molecular formula is C10H7F2N3O. The van der Waals surface area contributed by atoms with Gasteiger partial charge in [-0.2, -0.15) is 5.10 Å². The van der Waals surface area contributed by atoms with E-state index in [1.807, 2.05) is 0 Å². The summed E-state index contributed by atoms with van der Waals surface area (Å²) in [5.74, 6) is -2.13. The van der Waals surface area contributed by atoms with Crippen LogP contribution in [0.15, 0.2) is 24.5 Å². The number of hydrogen-bond acceptors (Lipinski definition) is 3. The van der Waals surface area contributed by atoms with Crippen molar-refractivity contribution >= 4 is 5.78 Å². The molecule has 0 aliphatic rings. The van der Waals surface area contributed by atoms with E-state index in [1.165, 1.54) is 12.4 Å². The van der Waals surface area contributed by atoms with Crippen molar-refractivity contribution < 1.29 is 13.6 Å². The van der Waals surface area contributed by atoms with E-state index in [9.17, 15) is 13.6 Å². The molecule has 1 heterocycles. The quantitative estimate of drug-likeness (QED) is 0.802. The Balaban J connectivity index is 2.15. The standard InChI is InChI=1S/C10H7F2N3O/c11-7-2-1-6(3-8(7)12)4-9(16)10-13-5-14-15-10/h1-3,5H,4H2,(H,13,14,15). The average molecular weight is 223 g/mol. The molecule has 2 rings (SSSR count). The summed E-state index contributed by atoms with van der Waals surface area (Å²) in [4.78, 5) is 15.2. The molecule has 1 aromatic carbocycles. The van der Waals surface area contributed by atoms with E-state index in [0.717, 1.165) is 12.1 Å². The van der Waals surface area contributed by atoms with Crippen LogP contribution in [0.2, 0.25) is 0 Å². The van der Waals surface area contributed by atoms with Crippen molar-refractivity contribution in [3.8, 4) is 0 Å². The number of Topliss-reactive ketones (excluding diaryl/α,β-unsaturated/α-hetero) is 1. The molecule has 0 spiro atoms. The predicted octanol–water partition coefficient (Wildman–Crippen LogP) is 1.51. The Hall–Kier alpha value is -2.11. The van der Waals surface area contributed by atoms with Crippen LogP contribution in [0.4, 0.5) is 8.78 Å². The number of nitrogens with one attached hydrogen (secondary N) is 1. The normalized spacial score (nSPS) is 10.4. The topological polar surface area (TPSA) is 58.6 Å². The number of ketones is 1. The van der Waals surface area contributed by atoms with Crippen molar-refractivity contribution in [3.63, 3.8) is 0 Å². The highest BCUT2D eigenvalue weighted by molar-refractivity contribution is 5.93. The first-order chi connectivity index (χ1) is 7.66. The number of aromatic amines is 1. The van der Waals surface area contributed by atoms with Crippen molar-refractivity contribution in [1.29, 1.82) is 0 Å². The number of carbonyl (C=O) groups excluding carboxylic acids is 1. The molecule has 0 fully saturated rings. The van der Waals surface area contributed by atoms with E-state index >= 15 is 0 Å². The molecule has 0 atom stereocenters. The van der Waals surface area contributed by atoms with Crippen molar-refractivity contribution in [2.24, 2.45) is 0 Å². The molecule has 6 heteroatoms. The van der Waals surface area contributed by atoms with Gasteiger partial charge in [-0.15, -0.1) is 0 Å². The Morgan fingerprint density at radius 1 is 1.31 bits per heavy atom. The van der Waals surface area contributed by atoms with Crippen LogP contribution in [0, 0.1) is 11.6 Å². The highest BCUT2D eigenvalue weighted by Gasteiger charge is 2.11. The van der Waals surface area contributed by atoms with Gasteiger partial charge in [-0.1, -0.05) is 6.07 Å². The highest BCUT2D eigenvalue weighted by Crippen LogP contribution is 2.10. The zero-order chi connectivity index (χ0) is 11.5. The first-order valence-electron chi connectivity index (χ1n) is 4.49. The van der Waals surface area contributed by atoms with E-state index in [-0.39, 0.29) is 18.0 Å². The second-order valence-corrected chi connectivity index (χ2v) is 3.18. The molecule has 0 saturated heterocycles. The van der Waals surface area contributed by atoms with Crippen molar-refractivity contribution in [1.82, 2.24) is 15.2 Å². The third-order valence-electron chi connectivity index (χ3n) is 2.03. The van der Waals surface area contributed by atoms with E-state index in [1.54, 1.807) is 0 Å². The van der Waals surface area contributed by atoms with Gasteiger partial charge in [0, 0.05) is 6.42 Å². The summed E-state index contributed by atoms with van der Waals surface area (Å²) in [6.45, 7) is 0. The van der Waals surface area contributed by atoms with Crippen LogP contribution >= 0.6 is 0 Å². The Bertz CT molecular complexity index is 511. The number of rotatable bonds is 3. The molecule has 0 amide bonds. The van der Waals surface area contributed by atoms with Crippen LogP contribution in [0.1, 0.15) is 16.2 Å². The SMILES string of the molecule is O=C(Cc1ccc(F)c(F)c1)c1ncn[nH]1. The number of H-pyrrole nitrogens is 1. The Morgan fingerprint density at radius 2 is 2.12 bits per heavy atom. The summed E-state index contributed by atoms with van der Waals surface area (Å²) in [6.07, 6.45) is 1.16. The fourth-order valence-electron chi connectivity index (χ4n) is 1.26. The lowest BCUT2D eigenvalue weighted by Crippen LogP contribution is -2.06. The monoisotopic (exact) mass is 223 g/mol. The fraction of sp³-hybridized carbons (Fsp3) is 0.100. The van der Waals surface area contributed by atoms with Crippen LogP contribution in [-0.4, -0.2) is 21.0 Å². The van der Waals surface area contributed by atoms with Crippen LogP contribution < -0.4 is 0 Å². The summed E-state index contributed by atoms with van der Waals surface area (Å²) >= 11 is 0. The lowest BCUT2D eigenvalue weighted by atomic mass is 10.1. The zero-order valence-electron chi connectivity index (χ0n) is 8.08. The first-order valence-corrected chi connectivity index (χ1v) is 4.49. The maximum absolute atomic E-state index is 12.8. The van der Waals surface area contributed by atoms with Gasteiger partial charge in [0.25, 0.3) is 0 Å². The van der Waals surface area contributed by atoms with Crippen LogP contribution in [-0.2, 0) is 6.42 Å². The number of hydrogen-bond donors (Lipinski definition) is 1. The minimum Gasteiger partial charge on any atom is -0.290 e. The van der Waals surface area contributed by atoms with Gasteiger partial charge in [-0.25, -0.2) is 13.8 Å². The molecule has 0 bridgehead atoms. The van der Waals surface area contributed by atoms with Gasteiger partial charge in [0.1, 0.15) is 6.33 Å². The third kappa shape index (κ3) is 2.10. The van der Waals surface area contributed by atoms with Gasteiger partial charge in [0.2, 0.25) is 5.78 Å². The Morgan fingerprint density at radius 3 is 2.75 bits per heavy atom. The second kappa shape index (κ2) is 4.18. The van der Waals surface area contributed by atoms with Crippen LogP contribution in [0.3, 0.4) is 0 Å². The number of nitrogens with zero attached hydrogens (tertiary/aromatic N) is 2. The maximum atomic E-state index is 12.8. The Labute approximate surface area is 89.3 Å². The molecule has 0 aliphatic carbocycles. The highest BCUT2D eigenvalue weighted by atomic mass is 19.2. The van der Waals surface area contributed by atoms with Gasteiger partial charge >= 0.3 is 0 Å². The van der Waals surface area contributed by atoms with Crippen LogP contribution in [0.25, 0.3) is 0 Å². The molecule has 2 aromatic rings. The molecule has 4 nitrogen and oxygen atoms in total. The minimum atomic E-state index is -0.970. The molecule has 82 valence electrons. The maximum Gasteiger partial charge on any atom is 0.203 e. The number of benzene rings is 1. The molecule has 0 radical (unpaired) electrons. The largest absolute Gasteiger partial charge is 0.290 e. The first kappa shape index (κ1) is 10.4. The van der Waals surface area contributed by atoms with E-state index in [0.29, 0.717) is 5.56 Å². The molecule has 16 heavy (non-hydrogen) atoms. The van der Waals surface area contributed by atoms with Crippen molar-refractivity contribution in [2.45, 2.75) is 6.42 Å². The fourth-order valence-corrected chi connectivity index (χ4v) is 1.26. The third-order valence-corrected chi connectivity index (χ3v) is 2.03. The lowest BCUT2D eigenvalue weighted by molar-refractivity contribution is 0.0983. The van der Waals surface area contributed by atoms with E-state index < -0.39 is 11.6 Å². The van der Waals surface area contributed by atoms with Gasteiger partial charge in [-0.3, -0.25) is 9.89 Å². The summed E-state index contributed by atoms with van der Waals surface area (Å²) in [5, 5.41) is 5.93. The van der Waals surface area contributed by atoms with Crippen molar-refractivity contribution in [3.05, 3.63) is 47.5 Å². The molecule has 0 aliphatic heterocycles. The zero-order valence-corrected chi connectivity index (χ0v) is 8.08. The average Bonchev–Trinajstić information content (AvgIpc) is 2.77. The summed E-state index contributed by atoms with van der Waals surface area (Å²) in [6, 6.07) is 3.33.